The minimum atomic E-state index is 0.135. The Balaban J connectivity index is 1.89. The van der Waals surface area contributed by atoms with Crippen molar-refractivity contribution in [1.29, 1.82) is 0 Å². The summed E-state index contributed by atoms with van der Waals surface area (Å²) in [6, 6.07) is 5.01. The summed E-state index contributed by atoms with van der Waals surface area (Å²) in [5.74, 6) is 1.02. The molecule has 122 valence electrons. The Morgan fingerprint density at radius 1 is 1.27 bits per heavy atom. The van der Waals surface area contributed by atoms with Gasteiger partial charge >= 0.3 is 0 Å². The lowest BCUT2D eigenvalue weighted by Gasteiger charge is -2.39. The third-order valence-corrected chi connectivity index (χ3v) is 5.02. The first-order valence-corrected chi connectivity index (χ1v) is 8.31. The number of aromatic nitrogens is 1. The number of ether oxygens (including phenoxy) is 1. The van der Waals surface area contributed by atoms with Crippen molar-refractivity contribution in [2.75, 3.05) is 38.3 Å². The summed E-state index contributed by atoms with van der Waals surface area (Å²) in [7, 11) is 2.05. The highest BCUT2D eigenvalue weighted by Crippen LogP contribution is 2.27. The number of nitrogens with zero attached hydrogens (tertiary/aromatic N) is 3. The van der Waals surface area contributed by atoms with Crippen LogP contribution >= 0.6 is 0 Å². The Bertz CT molecular complexity index is 503. The molecule has 1 N–H and O–H groups in total. The monoisotopic (exact) mass is 305 g/mol. The molecule has 1 unspecified atom stereocenters. The van der Waals surface area contributed by atoms with Gasteiger partial charge in [-0.05, 0) is 32.3 Å². The Hall–Kier alpha value is -1.17. The third kappa shape index (κ3) is 3.26. The van der Waals surface area contributed by atoms with Gasteiger partial charge in [-0.15, -0.1) is 0 Å². The number of fused-ring (bicyclic) bond motifs is 1. The molecule has 5 heteroatoms. The van der Waals surface area contributed by atoms with Gasteiger partial charge in [0.15, 0.2) is 0 Å². The number of aliphatic hydroxyl groups excluding tert-OH is 1. The maximum absolute atomic E-state index is 9.76. The molecule has 0 aromatic carbocycles. The Morgan fingerprint density at radius 2 is 2.05 bits per heavy atom. The topological polar surface area (TPSA) is 48.8 Å². The first kappa shape index (κ1) is 15.7. The minimum absolute atomic E-state index is 0.135. The Labute approximate surface area is 132 Å². The summed E-state index contributed by atoms with van der Waals surface area (Å²) >= 11 is 0. The Morgan fingerprint density at radius 3 is 2.77 bits per heavy atom. The summed E-state index contributed by atoms with van der Waals surface area (Å²) < 4.78 is 5.50. The van der Waals surface area contributed by atoms with Crippen LogP contribution in [0.25, 0.3) is 0 Å². The van der Waals surface area contributed by atoms with E-state index in [1.54, 1.807) is 0 Å². The van der Waals surface area contributed by atoms with Crippen LogP contribution in [0.2, 0.25) is 0 Å². The van der Waals surface area contributed by atoms with E-state index in [2.05, 4.69) is 29.0 Å². The van der Waals surface area contributed by atoms with Gasteiger partial charge < -0.3 is 14.7 Å². The van der Waals surface area contributed by atoms with Crippen LogP contribution in [-0.2, 0) is 11.3 Å². The van der Waals surface area contributed by atoms with Gasteiger partial charge in [0.05, 0.1) is 12.6 Å². The molecular formula is C17H27N3O2. The van der Waals surface area contributed by atoms with Crippen LogP contribution in [0.1, 0.15) is 30.5 Å². The fraction of sp³-hybridized carbons (Fsp3) is 0.706. The molecule has 3 heterocycles. The van der Waals surface area contributed by atoms with Crippen LogP contribution in [0, 0.1) is 6.92 Å². The molecule has 0 bridgehead atoms. The molecule has 0 saturated carbocycles. The van der Waals surface area contributed by atoms with Crippen molar-refractivity contribution in [1.82, 2.24) is 9.88 Å². The van der Waals surface area contributed by atoms with Gasteiger partial charge in [-0.3, -0.25) is 4.90 Å². The van der Waals surface area contributed by atoms with E-state index >= 15 is 0 Å². The highest BCUT2D eigenvalue weighted by Gasteiger charge is 2.28. The van der Waals surface area contributed by atoms with E-state index < -0.39 is 0 Å². The second-order valence-corrected chi connectivity index (χ2v) is 6.49. The Kier molecular flexibility index (Phi) is 4.96. The summed E-state index contributed by atoms with van der Waals surface area (Å²) in [6.45, 7) is 5.89. The number of aryl methyl sites for hydroxylation is 1. The molecule has 0 spiro atoms. The lowest BCUT2D eigenvalue weighted by atomic mass is 10.0. The zero-order chi connectivity index (χ0) is 15.5. The van der Waals surface area contributed by atoms with E-state index in [1.165, 1.54) is 5.56 Å². The molecule has 1 atom stereocenters. The van der Waals surface area contributed by atoms with Crippen LogP contribution in [0.3, 0.4) is 0 Å². The molecule has 0 radical (unpaired) electrons. The summed E-state index contributed by atoms with van der Waals surface area (Å²) in [5, 5.41) is 9.76. The predicted octanol–water partition coefficient (Wildman–Crippen LogP) is 1.57. The number of anilines is 1. The predicted molar refractivity (Wildman–Crippen MR) is 87.1 cm³/mol. The van der Waals surface area contributed by atoms with E-state index in [1.807, 2.05) is 6.92 Å². The number of hydrogen-bond donors (Lipinski definition) is 1. The van der Waals surface area contributed by atoms with Gasteiger partial charge in [0.25, 0.3) is 0 Å². The van der Waals surface area contributed by atoms with Crippen molar-refractivity contribution in [2.24, 2.45) is 0 Å². The van der Waals surface area contributed by atoms with Crippen LogP contribution in [-0.4, -0.2) is 60.5 Å². The normalized spacial score (nSPS) is 24.7. The SMILES string of the molecule is Cc1ccc2c(n1)N(C)C(CO)CCN(C1CCOCC1)C2. The second kappa shape index (κ2) is 6.94. The summed E-state index contributed by atoms with van der Waals surface area (Å²) in [5.41, 5.74) is 2.29. The summed E-state index contributed by atoms with van der Waals surface area (Å²) in [6.07, 6.45) is 3.18. The van der Waals surface area contributed by atoms with E-state index in [4.69, 9.17) is 9.72 Å². The average molecular weight is 305 g/mol. The number of aliphatic hydroxyl groups is 1. The second-order valence-electron chi connectivity index (χ2n) is 6.49. The molecule has 1 aromatic rings. The quantitative estimate of drug-likeness (QED) is 0.899. The summed E-state index contributed by atoms with van der Waals surface area (Å²) in [4.78, 5) is 9.46. The first-order valence-electron chi connectivity index (χ1n) is 8.31. The zero-order valence-corrected chi connectivity index (χ0v) is 13.7. The molecule has 0 aliphatic carbocycles. The first-order chi connectivity index (χ1) is 10.7. The molecule has 3 rings (SSSR count). The van der Waals surface area contributed by atoms with Gasteiger partial charge in [-0.2, -0.15) is 0 Å². The fourth-order valence-electron chi connectivity index (χ4n) is 3.56. The lowest BCUT2D eigenvalue weighted by Crippen LogP contribution is -2.46. The highest BCUT2D eigenvalue weighted by atomic mass is 16.5. The fourth-order valence-corrected chi connectivity index (χ4v) is 3.56. The molecule has 1 fully saturated rings. The van der Waals surface area contributed by atoms with E-state index in [0.29, 0.717) is 6.04 Å². The maximum Gasteiger partial charge on any atom is 0.133 e. The van der Waals surface area contributed by atoms with Crippen molar-refractivity contribution >= 4 is 5.82 Å². The number of likely N-dealkylation sites (N-methyl/N-ethyl adjacent to an activating group) is 1. The lowest BCUT2D eigenvalue weighted by molar-refractivity contribution is 0.0284. The number of pyridine rings is 1. The molecular weight excluding hydrogens is 278 g/mol. The maximum atomic E-state index is 9.76. The minimum Gasteiger partial charge on any atom is -0.394 e. The van der Waals surface area contributed by atoms with E-state index in [0.717, 1.165) is 57.1 Å². The average Bonchev–Trinajstić information content (AvgIpc) is 2.54. The third-order valence-electron chi connectivity index (χ3n) is 5.02. The van der Waals surface area contributed by atoms with Gasteiger partial charge in [-0.1, -0.05) is 6.07 Å². The molecule has 5 nitrogen and oxygen atoms in total. The molecule has 2 aliphatic heterocycles. The van der Waals surface area contributed by atoms with Crippen molar-refractivity contribution in [3.05, 3.63) is 23.4 Å². The van der Waals surface area contributed by atoms with Crippen LogP contribution in [0.4, 0.5) is 5.82 Å². The standard InChI is InChI=1S/C17H27N3O2/c1-13-3-4-14-11-20(15-6-9-22-10-7-15)8-5-16(12-21)19(2)17(14)18-13/h3-4,15-16,21H,5-12H2,1-2H3. The van der Waals surface area contributed by atoms with E-state index in [-0.39, 0.29) is 12.6 Å². The molecule has 1 aromatic heterocycles. The number of rotatable bonds is 2. The zero-order valence-electron chi connectivity index (χ0n) is 13.7. The van der Waals surface area contributed by atoms with Crippen molar-refractivity contribution < 1.29 is 9.84 Å². The smallest absolute Gasteiger partial charge is 0.133 e. The van der Waals surface area contributed by atoms with Gasteiger partial charge in [0.1, 0.15) is 5.82 Å². The van der Waals surface area contributed by atoms with E-state index in [9.17, 15) is 5.11 Å². The highest BCUT2D eigenvalue weighted by molar-refractivity contribution is 5.48. The van der Waals surface area contributed by atoms with Gasteiger partial charge in [-0.25, -0.2) is 4.98 Å². The molecule has 22 heavy (non-hydrogen) atoms. The molecule has 2 aliphatic rings. The molecule has 1 saturated heterocycles. The van der Waals surface area contributed by atoms with Crippen molar-refractivity contribution in [3.8, 4) is 0 Å². The number of hydrogen-bond acceptors (Lipinski definition) is 5. The van der Waals surface area contributed by atoms with Crippen LogP contribution in [0.5, 0.6) is 0 Å². The van der Waals surface area contributed by atoms with Crippen molar-refractivity contribution in [3.63, 3.8) is 0 Å². The van der Waals surface area contributed by atoms with Gasteiger partial charge in [0.2, 0.25) is 0 Å². The van der Waals surface area contributed by atoms with Gasteiger partial charge in [0, 0.05) is 50.7 Å². The largest absolute Gasteiger partial charge is 0.394 e. The van der Waals surface area contributed by atoms with Crippen LogP contribution in [0.15, 0.2) is 12.1 Å². The van der Waals surface area contributed by atoms with Crippen LogP contribution < -0.4 is 4.90 Å². The van der Waals surface area contributed by atoms with Crippen molar-refractivity contribution in [2.45, 2.75) is 44.8 Å². The molecule has 0 amide bonds.